The molecule has 2 atom stereocenters. The second kappa shape index (κ2) is 7.08. The lowest BCUT2D eigenvalue weighted by Crippen LogP contribution is -2.53. The van der Waals surface area contributed by atoms with Gasteiger partial charge in [-0.05, 0) is 30.7 Å². The lowest BCUT2D eigenvalue weighted by Gasteiger charge is -2.44. The van der Waals surface area contributed by atoms with Crippen LogP contribution in [0.5, 0.6) is 0 Å². The van der Waals surface area contributed by atoms with Crippen molar-refractivity contribution >= 4 is 0 Å². The molecule has 0 N–H and O–H groups in total. The Hall–Kier alpha value is -1.29. The van der Waals surface area contributed by atoms with Crippen molar-refractivity contribution in [3.63, 3.8) is 0 Å². The van der Waals surface area contributed by atoms with E-state index in [9.17, 15) is 13.2 Å². The molecule has 23 heavy (non-hydrogen) atoms. The maximum atomic E-state index is 13.5. The van der Waals surface area contributed by atoms with E-state index in [0.717, 1.165) is 37.7 Å². The van der Waals surface area contributed by atoms with Gasteiger partial charge in [0.05, 0.1) is 0 Å². The highest BCUT2D eigenvalue weighted by Gasteiger charge is 2.46. The molecule has 1 nitrogen and oxygen atoms in total. The Morgan fingerprint density at radius 1 is 1.00 bits per heavy atom. The van der Waals surface area contributed by atoms with E-state index in [2.05, 4.69) is 0 Å². The molecule has 0 unspecified atom stereocenters. The van der Waals surface area contributed by atoms with Gasteiger partial charge in [0.2, 0.25) is 0 Å². The molecule has 1 heterocycles. The molecule has 0 saturated heterocycles. The van der Waals surface area contributed by atoms with Crippen LogP contribution in [-0.2, 0) is 6.54 Å². The van der Waals surface area contributed by atoms with Gasteiger partial charge in [0, 0.05) is 12.6 Å². The zero-order valence-corrected chi connectivity index (χ0v) is 13.3. The predicted molar refractivity (Wildman–Crippen MR) is 85.9 cm³/mol. The van der Waals surface area contributed by atoms with Crippen molar-refractivity contribution in [1.29, 1.82) is 0 Å². The van der Waals surface area contributed by atoms with E-state index in [1.54, 1.807) is 11.0 Å². The lowest BCUT2D eigenvalue weighted by molar-refractivity contribution is -0.183. The van der Waals surface area contributed by atoms with E-state index in [1.165, 1.54) is 12.5 Å². The van der Waals surface area contributed by atoms with Crippen LogP contribution in [0.15, 0.2) is 42.5 Å². The van der Waals surface area contributed by atoms with Crippen LogP contribution in [0.3, 0.4) is 0 Å². The predicted octanol–water partition coefficient (Wildman–Crippen LogP) is 5.33. The number of alkyl halides is 3. The molecule has 0 amide bonds. The zero-order chi connectivity index (χ0) is 16.3. The Morgan fingerprint density at radius 3 is 2.35 bits per heavy atom. The highest BCUT2D eigenvalue weighted by Crippen LogP contribution is 2.38. The molecule has 3 rings (SSSR count). The molecule has 0 spiro atoms. The minimum absolute atomic E-state index is 0.00660. The summed E-state index contributed by atoms with van der Waals surface area (Å²) < 4.78 is 40.6. The van der Waals surface area contributed by atoms with Crippen LogP contribution in [0.25, 0.3) is 0 Å². The lowest BCUT2D eigenvalue weighted by atomic mass is 9.80. The second-order valence-electron chi connectivity index (χ2n) is 6.77. The minimum atomic E-state index is -4.21. The van der Waals surface area contributed by atoms with Crippen LogP contribution >= 0.6 is 0 Å². The van der Waals surface area contributed by atoms with Gasteiger partial charge < -0.3 is 0 Å². The Kier molecular flexibility index (Phi) is 5.10. The van der Waals surface area contributed by atoms with Gasteiger partial charge in [-0.15, -0.1) is 0 Å². The van der Waals surface area contributed by atoms with Gasteiger partial charge in [0.1, 0.15) is 6.04 Å². The first-order chi connectivity index (χ1) is 11.1. The molecule has 2 aliphatic rings. The summed E-state index contributed by atoms with van der Waals surface area (Å²) in [6.07, 6.45) is 5.29. The largest absolute Gasteiger partial charge is 0.407 e. The first-order valence-electron chi connectivity index (χ1n) is 8.59. The first-order valence-corrected chi connectivity index (χ1v) is 8.59. The molecule has 1 aromatic rings. The summed E-state index contributed by atoms with van der Waals surface area (Å²) in [7, 11) is 0. The summed E-state index contributed by atoms with van der Waals surface area (Å²) >= 11 is 0. The summed E-state index contributed by atoms with van der Waals surface area (Å²) in [4.78, 5) is 1.70. The Morgan fingerprint density at radius 2 is 1.70 bits per heavy atom. The van der Waals surface area contributed by atoms with Gasteiger partial charge in [-0.3, -0.25) is 4.90 Å². The molecule has 0 bridgehead atoms. The number of rotatable bonds is 3. The topological polar surface area (TPSA) is 3.24 Å². The van der Waals surface area contributed by atoms with Crippen LogP contribution in [0.1, 0.15) is 44.1 Å². The fourth-order valence-electron chi connectivity index (χ4n) is 4.09. The SMILES string of the molecule is FC(F)(F)[C@H]1C=CC[C@H](C2CCCCC2)N1Cc1ccccc1. The zero-order valence-electron chi connectivity index (χ0n) is 13.3. The van der Waals surface area contributed by atoms with Crippen molar-refractivity contribution in [3.8, 4) is 0 Å². The molecular formula is C19H24F3N. The van der Waals surface area contributed by atoms with E-state index in [-0.39, 0.29) is 6.04 Å². The highest BCUT2D eigenvalue weighted by molar-refractivity contribution is 5.17. The quantitative estimate of drug-likeness (QED) is 0.680. The summed E-state index contributed by atoms with van der Waals surface area (Å²) in [6, 6.07) is 8.09. The summed E-state index contributed by atoms with van der Waals surface area (Å²) in [5, 5.41) is 0. The van der Waals surface area contributed by atoms with Crippen molar-refractivity contribution in [2.24, 2.45) is 5.92 Å². The van der Waals surface area contributed by atoms with Crippen molar-refractivity contribution in [2.45, 2.75) is 63.3 Å². The Balaban J connectivity index is 1.85. The summed E-state index contributed by atoms with van der Waals surface area (Å²) in [6.45, 7) is 0.372. The third-order valence-corrected chi connectivity index (χ3v) is 5.22. The number of benzene rings is 1. The van der Waals surface area contributed by atoms with Gasteiger partial charge >= 0.3 is 6.18 Å². The molecule has 1 aliphatic carbocycles. The molecule has 126 valence electrons. The molecule has 1 aromatic carbocycles. The number of halogens is 3. The van der Waals surface area contributed by atoms with Crippen molar-refractivity contribution in [2.75, 3.05) is 0 Å². The van der Waals surface area contributed by atoms with E-state index >= 15 is 0 Å². The molecule has 0 aromatic heterocycles. The van der Waals surface area contributed by atoms with Gasteiger partial charge in [-0.1, -0.05) is 61.7 Å². The third kappa shape index (κ3) is 3.97. The van der Waals surface area contributed by atoms with Crippen LogP contribution < -0.4 is 0 Å². The van der Waals surface area contributed by atoms with E-state index in [1.807, 2.05) is 30.3 Å². The summed E-state index contributed by atoms with van der Waals surface area (Å²) in [5.74, 6) is 0.391. The number of hydrogen-bond donors (Lipinski definition) is 0. The van der Waals surface area contributed by atoms with Gasteiger partial charge in [0.25, 0.3) is 0 Å². The fourth-order valence-corrected chi connectivity index (χ4v) is 4.09. The Labute approximate surface area is 136 Å². The van der Waals surface area contributed by atoms with Crippen molar-refractivity contribution in [3.05, 3.63) is 48.0 Å². The molecule has 4 heteroatoms. The number of hydrogen-bond acceptors (Lipinski definition) is 1. The van der Waals surface area contributed by atoms with E-state index in [4.69, 9.17) is 0 Å². The van der Waals surface area contributed by atoms with Gasteiger partial charge in [-0.25, -0.2) is 0 Å². The molecule has 1 saturated carbocycles. The minimum Gasteiger partial charge on any atom is -0.281 e. The fraction of sp³-hybridized carbons (Fsp3) is 0.579. The van der Waals surface area contributed by atoms with Crippen molar-refractivity contribution < 1.29 is 13.2 Å². The maximum absolute atomic E-state index is 13.5. The van der Waals surface area contributed by atoms with E-state index in [0.29, 0.717) is 12.5 Å². The van der Waals surface area contributed by atoms with Crippen LogP contribution in [0, 0.1) is 5.92 Å². The average molecular weight is 323 g/mol. The number of nitrogens with zero attached hydrogens (tertiary/aromatic N) is 1. The standard InChI is InChI=1S/C19H24F3N/c20-19(21,22)18-13-7-12-17(16-10-5-2-6-11-16)23(18)14-15-8-3-1-4-9-15/h1,3-4,7-9,13,16-18H,2,5-6,10-12,14H2/t17-,18-/m1/s1. The smallest absolute Gasteiger partial charge is 0.281 e. The van der Waals surface area contributed by atoms with Crippen LogP contribution in [0.2, 0.25) is 0 Å². The summed E-state index contributed by atoms with van der Waals surface area (Å²) in [5.41, 5.74) is 0.956. The third-order valence-electron chi connectivity index (χ3n) is 5.22. The molecule has 0 radical (unpaired) electrons. The maximum Gasteiger partial charge on any atom is 0.407 e. The monoisotopic (exact) mass is 323 g/mol. The molecule has 1 fully saturated rings. The molecular weight excluding hydrogens is 299 g/mol. The molecule has 1 aliphatic heterocycles. The first kappa shape index (κ1) is 16.6. The average Bonchev–Trinajstić information content (AvgIpc) is 2.56. The van der Waals surface area contributed by atoms with Crippen molar-refractivity contribution in [1.82, 2.24) is 4.90 Å². The Bertz CT molecular complexity index is 517. The van der Waals surface area contributed by atoms with Crippen LogP contribution in [-0.4, -0.2) is 23.2 Å². The second-order valence-corrected chi connectivity index (χ2v) is 6.77. The van der Waals surface area contributed by atoms with E-state index < -0.39 is 12.2 Å². The normalized spacial score (nSPS) is 27.3. The van der Waals surface area contributed by atoms with Gasteiger partial charge in [-0.2, -0.15) is 13.2 Å². The van der Waals surface area contributed by atoms with Gasteiger partial charge in [0.15, 0.2) is 0 Å². The van der Waals surface area contributed by atoms with Crippen LogP contribution in [0.4, 0.5) is 13.2 Å². The highest BCUT2D eigenvalue weighted by atomic mass is 19.4.